The van der Waals surface area contributed by atoms with Gasteiger partial charge in [-0.2, -0.15) is 0 Å². The Morgan fingerprint density at radius 3 is 2.95 bits per heavy atom. The maximum absolute atomic E-state index is 9.86. The summed E-state index contributed by atoms with van der Waals surface area (Å²) < 4.78 is 5.65. The lowest BCUT2D eigenvalue weighted by Gasteiger charge is -2.17. The van der Waals surface area contributed by atoms with Crippen molar-refractivity contribution in [1.82, 2.24) is 5.32 Å². The first kappa shape index (κ1) is 14.9. The predicted octanol–water partition coefficient (Wildman–Crippen LogP) is 3.60. The van der Waals surface area contributed by atoms with Crippen LogP contribution in [0.4, 0.5) is 0 Å². The van der Waals surface area contributed by atoms with Gasteiger partial charge >= 0.3 is 0 Å². The Labute approximate surface area is 123 Å². The molecule has 2 atom stereocenters. The van der Waals surface area contributed by atoms with Gasteiger partial charge in [0.1, 0.15) is 5.75 Å². The zero-order valence-corrected chi connectivity index (χ0v) is 12.5. The van der Waals surface area contributed by atoms with E-state index in [9.17, 15) is 5.11 Å². The molecule has 0 amide bonds. The highest BCUT2D eigenvalue weighted by Crippen LogP contribution is 2.31. The van der Waals surface area contributed by atoms with Crippen molar-refractivity contribution in [3.05, 3.63) is 27.7 Å². The Kier molecular flexibility index (Phi) is 5.34. The second-order valence-electron chi connectivity index (χ2n) is 4.89. The third-order valence-corrected chi connectivity index (χ3v) is 4.08. The van der Waals surface area contributed by atoms with E-state index < -0.39 is 0 Å². The molecule has 0 aromatic heterocycles. The highest BCUT2D eigenvalue weighted by Gasteiger charge is 2.26. The average molecular weight is 304 g/mol. The van der Waals surface area contributed by atoms with Crippen molar-refractivity contribution in [3.8, 4) is 5.75 Å². The molecule has 1 fully saturated rings. The molecule has 0 aliphatic carbocycles. The van der Waals surface area contributed by atoms with E-state index >= 15 is 0 Å². The maximum Gasteiger partial charge on any atom is 0.138 e. The molecule has 3 nitrogen and oxygen atoms in total. The molecule has 0 spiro atoms. The van der Waals surface area contributed by atoms with Crippen molar-refractivity contribution in [2.75, 3.05) is 13.2 Å². The summed E-state index contributed by atoms with van der Waals surface area (Å²) in [4.78, 5) is 0. The summed E-state index contributed by atoms with van der Waals surface area (Å²) in [7, 11) is 0. The van der Waals surface area contributed by atoms with Gasteiger partial charge in [-0.3, -0.25) is 0 Å². The molecule has 1 heterocycles. The van der Waals surface area contributed by atoms with Crippen molar-refractivity contribution < 1.29 is 9.84 Å². The molecule has 0 saturated carbocycles. The lowest BCUT2D eigenvalue weighted by molar-refractivity contribution is 0.0872. The molecule has 2 unspecified atom stereocenters. The van der Waals surface area contributed by atoms with Crippen LogP contribution in [-0.2, 0) is 11.3 Å². The molecule has 1 aliphatic rings. The molecule has 2 N–H and O–H groups in total. The monoisotopic (exact) mass is 303 g/mol. The topological polar surface area (TPSA) is 41.5 Å². The van der Waals surface area contributed by atoms with Crippen LogP contribution >= 0.6 is 23.2 Å². The van der Waals surface area contributed by atoms with Gasteiger partial charge in [0.15, 0.2) is 0 Å². The number of phenols is 1. The fourth-order valence-electron chi connectivity index (χ4n) is 2.52. The normalized spacial score (nSPS) is 22.9. The van der Waals surface area contributed by atoms with Crippen molar-refractivity contribution >= 4 is 23.2 Å². The molecule has 0 radical (unpaired) electrons. The molecular weight excluding hydrogens is 285 g/mol. The van der Waals surface area contributed by atoms with Gasteiger partial charge in [0.05, 0.1) is 11.1 Å². The lowest BCUT2D eigenvalue weighted by Crippen LogP contribution is -2.28. The van der Waals surface area contributed by atoms with Crippen LogP contribution in [0, 0.1) is 5.92 Å². The summed E-state index contributed by atoms with van der Waals surface area (Å²) >= 11 is 11.8. The number of nitrogens with one attached hydrogen (secondary N) is 1. The first-order chi connectivity index (χ1) is 9.11. The SMILES string of the molecule is CCC1OCCC1CNCc1cc(Cl)cc(Cl)c1O. The third-order valence-electron chi connectivity index (χ3n) is 3.58. The fourth-order valence-corrected chi connectivity index (χ4v) is 3.06. The average Bonchev–Trinajstić information content (AvgIpc) is 2.82. The fraction of sp³-hybridized carbons (Fsp3) is 0.571. The molecular formula is C14H19Cl2NO2. The third kappa shape index (κ3) is 3.76. The van der Waals surface area contributed by atoms with Gasteiger partial charge in [-0.1, -0.05) is 30.1 Å². The summed E-state index contributed by atoms with van der Waals surface area (Å²) in [6.45, 7) is 4.42. The Morgan fingerprint density at radius 2 is 2.21 bits per heavy atom. The highest BCUT2D eigenvalue weighted by atomic mass is 35.5. The van der Waals surface area contributed by atoms with E-state index in [0.29, 0.717) is 28.6 Å². The largest absolute Gasteiger partial charge is 0.506 e. The van der Waals surface area contributed by atoms with Gasteiger partial charge < -0.3 is 15.2 Å². The molecule has 1 aromatic carbocycles. The van der Waals surface area contributed by atoms with Gasteiger partial charge in [-0.15, -0.1) is 0 Å². The maximum atomic E-state index is 9.86. The van der Waals surface area contributed by atoms with E-state index in [1.165, 1.54) is 0 Å². The summed E-state index contributed by atoms with van der Waals surface area (Å²) in [5.74, 6) is 0.648. The number of rotatable bonds is 5. The second kappa shape index (κ2) is 6.80. The number of benzene rings is 1. The molecule has 19 heavy (non-hydrogen) atoms. The molecule has 106 valence electrons. The second-order valence-corrected chi connectivity index (χ2v) is 5.74. The van der Waals surface area contributed by atoms with Crippen LogP contribution in [0.5, 0.6) is 5.75 Å². The van der Waals surface area contributed by atoms with Gasteiger partial charge in [-0.05, 0) is 30.9 Å². The van der Waals surface area contributed by atoms with E-state index in [2.05, 4.69) is 12.2 Å². The standard InChI is InChI=1S/C14H19Cl2NO2/c1-2-13-9(3-4-19-13)7-17-8-10-5-11(15)6-12(16)14(10)18/h5-6,9,13,17-18H,2-4,7-8H2,1H3. The van der Waals surface area contributed by atoms with E-state index in [4.69, 9.17) is 27.9 Å². The summed E-state index contributed by atoms with van der Waals surface area (Å²) in [5, 5.41) is 14.0. The Bertz CT molecular complexity index is 440. The van der Waals surface area contributed by atoms with Crippen molar-refractivity contribution in [3.63, 3.8) is 0 Å². The highest BCUT2D eigenvalue weighted by molar-refractivity contribution is 6.35. The molecule has 1 saturated heterocycles. The molecule has 1 aliphatic heterocycles. The predicted molar refractivity (Wildman–Crippen MR) is 78.0 cm³/mol. The molecule has 5 heteroatoms. The number of aromatic hydroxyl groups is 1. The zero-order valence-electron chi connectivity index (χ0n) is 11.0. The van der Waals surface area contributed by atoms with Crippen molar-refractivity contribution in [1.29, 1.82) is 0 Å². The Hall–Kier alpha value is -0.480. The Balaban J connectivity index is 1.89. The number of halogens is 2. The smallest absolute Gasteiger partial charge is 0.138 e. The first-order valence-electron chi connectivity index (χ1n) is 6.61. The van der Waals surface area contributed by atoms with Crippen LogP contribution in [0.25, 0.3) is 0 Å². The molecule has 1 aromatic rings. The van der Waals surface area contributed by atoms with Crippen LogP contribution in [0.2, 0.25) is 10.0 Å². The minimum absolute atomic E-state index is 0.105. The number of hydrogen-bond donors (Lipinski definition) is 2. The van der Waals surface area contributed by atoms with Crippen LogP contribution in [0.3, 0.4) is 0 Å². The number of ether oxygens (including phenoxy) is 1. The van der Waals surface area contributed by atoms with E-state index in [-0.39, 0.29) is 5.75 Å². The first-order valence-corrected chi connectivity index (χ1v) is 7.36. The van der Waals surface area contributed by atoms with E-state index in [0.717, 1.165) is 31.6 Å². The van der Waals surface area contributed by atoms with Gasteiger partial charge in [0.25, 0.3) is 0 Å². The van der Waals surface area contributed by atoms with Crippen molar-refractivity contribution in [2.24, 2.45) is 5.92 Å². The zero-order chi connectivity index (χ0) is 13.8. The number of hydrogen-bond acceptors (Lipinski definition) is 3. The van der Waals surface area contributed by atoms with Gasteiger partial charge in [0, 0.05) is 30.3 Å². The van der Waals surface area contributed by atoms with Crippen LogP contribution in [0.1, 0.15) is 25.3 Å². The van der Waals surface area contributed by atoms with E-state index in [1.54, 1.807) is 12.1 Å². The minimum atomic E-state index is 0.105. The van der Waals surface area contributed by atoms with Crippen LogP contribution in [0.15, 0.2) is 12.1 Å². The van der Waals surface area contributed by atoms with Crippen molar-refractivity contribution in [2.45, 2.75) is 32.4 Å². The number of phenolic OH excluding ortho intramolecular Hbond substituents is 1. The van der Waals surface area contributed by atoms with Gasteiger partial charge in [0.2, 0.25) is 0 Å². The van der Waals surface area contributed by atoms with Crippen LogP contribution in [-0.4, -0.2) is 24.4 Å². The molecule has 0 bridgehead atoms. The summed E-state index contributed by atoms with van der Waals surface area (Å²) in [6.07, 6.45) is 2.48. The lowest BCUT2D eigenvalue weighted by atomic mass is 9.99. The van der Waals surface area contributed by atoms with Gasteiger partial charge in [-0.25, -0.2) is 0 Å². The molecule has 2 rings (SSSR count). The summed E-state index contributed by atoms with van der Waals surface area (Å²) in [6, 6.07) is 3.28. The summed E-state index contributed by atoms with van der Waals surface area (Å²) in [5.41, 5.74) is 0.726. The van der Waals surface area contributed by atoms with Crippen LogP contribution < -0.4 is 5.32 Å². The Morgan fingerprint density at radius 1 is 1.42 bits per heavy atom. The van der Waals surface area contributed by atoms with E-state index in [1.807, 2.05) is 0 Å². The quantitative estimate of drug-likeness (QED) is 0.873. The minimum Gasteiger partial charge on any atom is -0.506 e.